The Balaban J connectivity index is 2.36. The molecule has 3 N–H and O–H groups in total. The molecule has 0 fully saturated rings. The van der Waals surface area contributed by atoms with E-state index >= 15 is 0 Å². The number of anilines is 1. The molecule has 1 unspecified atom stereocenters. The van der Waals surface area contributed by atoms with Crippen molar-refractivity contribution in [2.24, 2.45) is 0 Å². The predicted molar refractivity (Wildman–Crippen MR) is 116 cm³/mol. The van der Waals surface area contributed by atoms with E-state index in [1.54, 1.807) is 4.90 Å². The first-order valence-corrected chi connectivity index (χ1v) is 10.6. The molecule has 1 aromatic carbocycles. The summed E-state index contributed by atoms with van der Waals surface area (Å²) in [5, 5.41) is 9.41. The molecule has 0 bridgehead atoms. The third kappa shape index (κ3) is 5.43. The molecular weight excluding hydrogens is 368 g/mol. The van der Waals surface area contributed by atoms with Gasteiger partial charge in [-0.1, -0.05) is 20.8 Å². The smallest absolute Gasteiger partial charge is 0.321 e. The number of nitrogens with one attached hydrogen (secondary N) is 3. The van der Waals surface area contributed by atoms with Crippen LogP contribution in [0.15, 0.2) is 29.5 Å². The van der Waals surface area contributed by atoms with Crippen LogP contribution in [0.25, 0.3) is 0 Å². The summed E-state index contributed by atoms with van der Waals surface area (Å²) in [5.41, 5.74) is 3.19. The SMILES string of the molecule is CCCOc1ccc(NC(=O)N(CC)CC)cc1C1NC(=O)C(CC)=C(CC)N1. The van der Waals surface area contributed by atoms with Crippen LogP contribution in [0.1, 0.15) is 65.6 Å². The van der Waals surface area contributed by atoms with Crippen molar-refractivity contribution in [2.75, 3.05) is 25.0 Å². The average molecular weight is 403 g/mol. The Morgan fingerprint density at radius 2 is 1.83 bits per heavy atom. The monoisotopic (exact) mass is 402 g/mol. The van der Waals surface area contributed by atoms with Crippen LogP contribution in [0.2, 0.25) is 0 Å². The van der Waals surface area contributed by atoms with Crippen molar-refractivity contribution in [3.05, 3.63) is 35.0 Å². The van der Waals surface area contributed by atoms with E-state index in [-0.39, 0.29) is 11.9 Å². The van der Waals surface area contributed by atoms with Gasteiger partial charge in [-0.15, -0.1) is 0 Å². The van der Waals surface area contributed by atoms with Gasteiger partial charge in [-0.25, -0.2) is 4.79 Å². The van der Waals surface area contributed by atoms with Crippen LogP contribution in [-0.2, 0) is 4.79 Å². The molecule has 29 heavy (non-hydrogen) atoms. The minimum absolute atomic E-state index is 0.0629. The zero-order chi connectivity index (χ0) is 21.4. The molecule has 160 valence electrons. The number of amides is 3. The number of allylic oxidation sites excluding steroid dienone is 1. The van der Waals surface area contributed by atoms with Gasteiger partial charge in [-0.3, -0.25) is 4.79 Å². The first-order chi connectivity index (χ1) is 14.0. The molecule has 1 aliphatic heterocycles. The van der Waals surface area contributed by atoms with Crippen LogP contribution in [0.5, 0.6) is 5.75 Å². The maximum absolute atomic E-state index is 12.6. The fourth-order valence-corrected chi connectivity index (χ4v) is 3.41. The third-order valence-electron chi connectivity index (χ3n) is 5.02. The fourth-order valence-electron chi connectivity index (χ4n) is 3.41. The summed E-state index contributed by atoms with van der Waals surface area (Å²) in [6, 6.07) is 5.40. The van der Waals surface area contributed by atoms with E-state index in [4.69, 9.17) is 4.74 Å². The van der Waals surface area contributed by atoms with Crippen LogP contribution in [0.3, 0.4) is 0 Å². The molecule has 1 aliphatic rings. The maximum Gasteiger partial charge on any atom is 0.321 e. The first-order valence-electron chi connectivity index (χ1n) is 10.6. The summed E-state index contributed by atoms with van der Waals surface area (Å²) in [6.07, 6.45) is 1.89. The Labute approximate surface area is 173 Å². The topological polar surface area (TPSA) is 82.7 Å². The second-order valence-corrected chi connectivity index (χ2v) is 6.92. The second-order valence-electron chi connectivity index (χ2n) is 6.92. The van der Waals surface area contributed by atoms with E-state index in [2.05, 4.69) is 16.0 Å². The molecule has 0 aliphatic carbocycles. The van der Waals surface area contributed by atoms with E-state index < -0.39 is 6.17 Å². The molecule has 3 amide bonds. The van der Waals surface area contributed by atoms with E-state index in [9.17, 15) is 9.59 Å². The van der Waals surface area contributed by atoms with Crippen molar-refractivity contribution in [1.82, 2.24) is 15.5 Å². The van der Waals surface area contributed by atoms with Gasteiger partial charge in [-0.05, 0) is 51.3 Å². The number of nitrogens with zero attached hydrogens (tertiary/aromatic N) is 1. The highest BCUT2D eigenvalue weighted by molar-refractivity contribution is 5.95. The molecule has 1 heterocycles. The standard InChI is InChI=1S/C22H34N4O3/c1-6-13-29-19-12-11-15(23-22(28)26(9-4)10-5)14-17(19)20-24-18(8-3)16(7-2)21(27)25-20/h11-12,14,20,24H,6-10,13H2,1-5H3,(H,23,28)(H,25,27). The Morgan fingerprint density at radius 3 is 2.41 bits per heavy atom. The van der Waals surface area contributed by atoms with Gasteiger partial charge in [0.25, 0.3) is 5.91 Å². The van der Waals surface area contributed by atoms with Gasteiger partial charge >= 0.3 is 6.03 Å². The molecule has 0 saturated carbocycles. The molecule has 1 atom stereocenters. The highest BCUT2D eigenvalue weighted by atomic mass is 16.5. The number of hydrogen-bond acceptors (Lipinski definition) is 4. The van der Waals surface area contributed by atoms with E-state index in [1.807, 2.05) is 52.8 Å². The summed E-state index contributed by atoms with van der Waals surface area (Å²) in [7, 11) is 0. The van der Waals surface area contributed by atoms with Gasteiger partial charge in [0, 0.05) is 35.6 Å². The number of ether oxygens (including phenoxy) is 1. The number of carbonyl (C=O) groups excluding carboxylic acids is 2. The van der Waals surface area contributed by atoms with Crippen molar-refractivity contribution >= 4 is 17.6 Å². The lowest BCUT2D eigenvalue weighted by molar-refractivity contribution is -0.119. The van der Waals surface area contributed by atoms with Gasteiger partial charge in [0.2, 0.25) is 0 Å². The first kappa shape index (κ1) is 22.6. The van der Waals surface area contributed by atoms with Crippen molar-refractivity contribution in [2.45, 2.75) is 60.0 Å². The maximum atomic E-state index is 12.6. The van der Waals surface area contributed by atoms with Crippen LogP contribution < -0.4 is 20.7 Å². The van der Waals surface area contributed by atoms with E-state index in [0.29, 0.717) is 37.6 Å². The van der Waals surface area contributed by atoms with Gasteiger partial charge in [0.1, 0.15) is 11.9 Å². The quantitative estimate of drug-likeness (QED) is 0.580. The highest BCUT2D eigenvalue weighted by Crippen LogP contribution is 2.31. The Morgan fingerprint density at radius 1 is 1.10 bits per heavy atom. The molecule has 0 aromatic heterocycles. The van der Waals surface area contributed by atoms with Gasteiger partial charge in [0.05, 0.1) is 6.61 Å². The molecule has 2 rings (SSSR count). The lowest BCUT2D eigenvalue weighted by atomic mass is 10.0. The molecule has 0 radical (unpaired) electrons. The minimum Gasteiger partial charge on any atom is -0.493 e. The fraction of sp³-hybridized carbons (Fsp3) is 0.545. The molecule has 7 heteroatoms. The zero-order valence-electron chi connectivity index (χ0n) is 18.2. The average Bonchev–Trinajstić information content (AvgIpc) is 2.72. The van der Waals surface area contributed by atoms with Crippen molar-refractivity contribution in [1.29, 1.82) is 0 Å². The lowest BCUT2D eigenvalue weighted by Crippen LogP contribution is -2.44. The molecular formula is C22H34N4O3. The van der Waals surface area contributed by atoms with Gasteiger partial charge < -0.3 is 25.6 Å². The largest absolute Gasteiger partial charge is 0.493 e. The number of urea groups is 1. The lowest BCUT2D eigenvalue weighted by Gasteiger charge is -2.31. The van der Waals surface area contributed by atoms with Crippen LogP contribution >= 0.6 is 0 Å². The Bertz CT molecular complexity index is 756. The Kier molecular flexibility index (Phi) is 8.36. The van der Waals surface area contributed by atoms with Crippen molar-refractivity contribution < 1.29 is 14.3 Å². The minimum atomic E-state index is -0.412. The van der Waals surface area contributed by atoms with Crippen LogP contribution in [0.4, 0.5) is 10.5 Å². The number of rotatable bonds is 9. The molecule has 1 aromatic rings. The summed E-state index contributed by atoms with van der Waals surface area (Å²) >= 11 is 0. The third-order valence-corrected chi connectivity index (χ3v) is 5.02. The summed E-state index contributed by atoms with van der Waals surface area (Å²) in [5.74, 6) is 0.632. The van der Waals surface area contributed by atoms with Crippen molar-refractivity contribution in [3.8, 4) is 5.75 Å². The normalized spacial score (nSPS) is 16.2. The van der Waals surface area contributed by atoms with Crippen LogP contribution in [-0.4, -0.2) is 36.5 Å². The summed E-state index contributed by atoms with van der Waals surface area (Å²) in [6.45, 7) is 11.8. The molecule has 0 spiro atoms. The molecule has 7 nitrogen and oxygen atoms in total. The number of hydrogen-bond donors (Lipinski definition) is 3. The van der Waals surface area contributed by atoms with Gasteiger partial charge in [0.15, 0.2) is 0 Å². The summed E-state index contributed by atoms with van der Waals surface area (Å²) < 4.78 is 5.92. The van der Waals surface area contributed by atoms with E-state index in [0.717, 1.165) is 29.7 Å². The zero-order valence-corrected chi connectivity index (χ0v) is 18.2. The molecule has 0 saturated heterocycles. The Hall–Kier alpha value is -2.70. The highest BCUT2D eigenvalue weighted by Gasteiger charge is 2.27. The van der Waals surface area contributed by atoms with Gasteiger partial charge in [-0.2, -0.15) is 0 Å². The van der Waals surface area contributed by atoms with Crippen molar-refractivity contribution in [3.63, 3.8) is 0 Å². The van der Waals surface area contributed by atoms with E-state index in [1.165, 1.54) is 0 Å². The number of benzene rings is 1. The summed E-state index contributed by atoms with van der Waals surface area (Å²) in [4.78, 5) is 26.8. The second kappa shape index (κ2) is 10.7. The van der Waals surface area contributed by atoms with Crippen LogP contribution in [0, 0.1) is 0 Å². The predicted octanol–water partition coefficient (Wildman–Crippen LogP) is 4.14. The number of carbonyl (C=O) groups is 2.